The molecule has 0 aliphatic heterocycles. The fourth-order valence-electron chi connectivity index (χ4n) is 2.80. The highest BCUT2D eigenvalue weighted by Crippen LogP contribution is 2.31. The first-order valence-corrected chi connectivity index (χ1v) is 6.40. The third-order valence-corrected chi connectivity index (χ3v) is 3.86. The van der Waals surface area contributed by atoms with Crippen LogP contribution >= 0.6 is 0 Å². The van der Waals surface area contributed by atoms with Crippen LogP contribution in [0.4, 0.5) is 18.9 Å². The summed E-state index contributed by atoms with van der Waals surface area (Å²) in [5.74, 6) is -2.80. The van der Waals surface area contributed by atoms with E-state index in [9.17, 15) is 13.2 Å². The molecule has 0 bridgehead atoms. The van der Waals surface area contributed by atoms with Gasteiger partial charge >= 0.3 is 0 Å². The molecule has 100 valence electrons. The summed E-state index contributed by atoms with van der Waals surface area (Å²) in [5.41, 5.74) is 0.317. The van der Waals surface area contributed by atoms with Crippen LogP contribution in [0, 0.1) is 29.3 Å². The van der Waals surface area contributed by atoms with Crippen molar-refractivity contribution < 1.29 is 13.2 Å². The van der Waals surface area contributed by atoms with E-state index in [-0.39, 0.29) is 6.04 Å². The Kier molecular flexibility index (Phi) is 3.83. The van der Waals surface area contributed by atoms with Crippen molar-refractivity contribution in [3.63, 3.8) is 0 Å². The van der Waals surface area contributed by atoms with Crippen molar-refractivity contribution in [3.8, 4) is 0 Å². The third kappa shape index (κ3) is 2.62. The van der Waals surface area contributed by atoms with Gasteiger partial charge < -0.3 is 5.32 Å². The quantitative estimate of drug-likeness (QED) is 0.777. The molecule has 1 aromatic rings. The zero-order valence-corrected chi connectivity index (χ0v) is 10.6. The second-order valence-corrected chi connectivity index (χ2v) is 5.31. The van der Waals surface area contributed by atoms with Gasteiger partial charge in [0.25, 0.3) is 0 Å². The highest BCUT2D eigenvalue weighted by molar-refractivity contribution is 5.45. The number of benzene rings is 1. The van der Waals surface area contributed by atoms with Crippen molar-refractivity contribution in [2.45, 2.75) is 39.2 Å². The van der Waals surface area contributed by atoms with Crippen LogP contribution in [0.2, 0.25) is 0 Å². The van der Waals surface area contributed by atoms with Crippen molar-refractivity contribution >= 4 is 5.69 Å². The lowest BCUT2D eigenvalue weighted by Gasteiger charge is -2.35. The summed E-state index contributed by atoms with van der Waals surface area (Å²) in [7, 11) is 0. The maximum atomic E-state index is 13.1. The molecule has 1 nitrogen and oxygen atoms in total. The van der Waals surface area contributed by atoms with Gasteiger partial charge in [-0.3, -0.25) is 0 Å². The van der Waals surface area contributed by atoms with E-state index in [4.69, 9.17) is 0 Å². The molecule has 18 heavy (non-hydrogen) atoms. The molecule has 1 saturated carbocycles. The summed E-state index contributed by atoms with van der Waals surface area (Å²) in [6, 6.07) is 2.22. The molecule has 2 rings (SSSR count). The Labute approximate surface area is 105 Å². The lowest BCUT2D eigenvalue weighted by Crippen LogP contribution is -2.37. The van der Waals surface area contributed by atoms with Crippen LogP contribution in [0.15, 0.2) is 12.1 Å². The third-order valence-electron chi connectivity index (χ3n) is 3.86. The van der Waals surface area contributed by atoms with Gasteiger partial charge in [0, 0.05) is 23.9 Å². The van der Waals surface area contributed by atoms with Gasteiger partial charge in [0.2, 0.25) is 0 Å². The molecular formula is C14H18F3N. The second kappa shape index (κ2) is 5.21. The molecule has 2 unspecified atom stereocenters. The predicted molar refractivity (Wildman–Crippen MR) is 65.9 cm³/mol. The molecule has 1 fully saturated rings. The number of anilines is 1. The minimum Gasteiger partial charge on any atom is -0.382 e. The fourth-order valence-corrected chi connectivity index (χ4v) is 2.80. The number of halogens is 3. The van der Waals surface area contributed by atoms with E-state index in [2.05, 4.69) is 19.2 Å². The Bertz CT molecular complexity index is 400. The molecule has 0 aromatic heterocycles. The van der Waals surface area contributed by atoms with E-state index in [1.165, 1.54) is 6.42 Å². The molecular weight excluding hydrogens is 239 g/mol. The average Bonchev–Trinajstić information content (AvgIpc) is 2.31. The van der Waals surface area contributed by atoms with Gasteiger partial charge in [0.1, 0.15) is 0 Å². The van der Waals surface area contributed by atoms with Gasteiger partial charge in [-0.25, -0.2) is 13.2 Å². The topological polar surface area (TPSA) is 12.0 Å². The smallest absolute Gasteiger partial charge is 0.194 e. The van der Waals surface area contributed by atoms with E-state index in [0.29, 0.717) is 17.5 Å². The molecule has 0 amide bonds. The summed E-state index contributed by atoms with van der Waals surface area (Å²) in [6.45, 7) is 4.26. The zero-order valence-electron chi connectivity index (χ0n) is 10.6. The van der Waals surface area contributed by atoms with Crippen molar-refractivity contribution in [1.82, 2.24) is 0 Å². The molecule has 1 aliphatic carbocycles. The van der Waals surface area contributed by atoms with Crippen LogP contribution in [0.3, 0.4) is 0 Å². The summed E-state index contributed by atoms with van der Waals surface area (Å²) in [5, 5.41) is 3.14. The summed E-state index contributed by atoms with van der Waals surface area (Å²) in [6.07, 6.45) is 3.40. The molecule has 0 heterocycles. The molecule has 1 aromatic carbocycles. The van der Waals surface area contributed by atoms with Crippen LogP contribution in [-0.2, 0) is 0 Å². The van der Waals surface area contributed by atoms with Crippen LogP contribution in [-0.4, -0.2) is 6.04 Å². The SMILES string of the molecule is CC1CCCC(C)C1Nc1cc(F)c(F)c(F)c1. The average molecular weight is 257 g/mol. The second-order valence-electron chi connectivity index (χ2n) is 5.31. The molecule has 2 atom stereocenters. The Morgan fingerprint density at radius 3 is 2.00 bits per heavy atom. The largest absolute Gasteiger partial charge is 0.382 e. The van der Waals surface area contributed by atoms with Gasteiger partial charge in [0.05, 0.1) is 0 Å². The Balaban J connectivity index is 2.18. The standard InChI is InChI=1S/C14H18F3N/c1-8-4-3-5-9(2)14(8)18-10-6-11(15)13(17)12(16)7-10/h6-9,14,18H,3-5H2,1-2H3. The van der Waals surface area contributed by atoms with Crippen LogP contribution in [0.25, 0.3) is 0 Å². The summed E-state index contributed by atoms with van der Waals surface area (Å²) in [4.78, 5) is 0. The maximum absolute atomic E-state index is 13.1. The van der Waals surface area contributed by atoms with E-state index < -0.39 is 17.5 Å². The van der Waals surface area contributed by atoms with Gasteiger partial charge in [-0.15, -0.1) is 0 Å². The van der Waals surface area contributed by atoms with Crippen molar-refractivity contribution in [2.75, 3.05) is 5.32 Å². The van der Waals surface area contributed by atoms with E-state index in [1.807, 2.05) is 0 Å². The fraction of sp³-hybridized carbons (Fsp3) is 0.571. The highest BCUT2D eigenvalue weighted by Gasteiger charge is 2.27. The maximum Gasteiger partial charge on any atom is 0.194 e. The van der Waals surface area contributed by atoms with Crippen LogP contribution in [0.5, 0.6) is 0 Å². The van der Waals surface area contributed by atoms with E-state index >= 15 is 0 Å². The minimum absolute atomic E-state index is 0.183. The number of rotatable bonds is 2. The molecule has 0 spiro atoms. The molecule has 0 radical (unpaired) electrons. The summed E-state index contributed by atoms with van der Waals surface area (Å²) >= 11 is 0. The van der Waals surface area contributed by atoms with Gasteiger partial charge in [0.15, 0.2) is 17.5 Å². The van der Waals surface area contributed by atoms with Gasteiger partial charge in [-0.2, -0.15) is 0 Å². The first-order valence-electron chi connectivity index (χ1n) is 6.40. The zero-order chi connectivity index (χ0) is 13.3. The van der Waals surface area contributed by atoms with Gasteiger partial charge in [-0.1, -0.05) is 20.3 Å². The predicted octanol–water partition coefficient (Wildman–Crippen LogP) is 4.34. The molecule has 0 saturated heterocycles. The monoisotopic (exact) mass is 257 g/mol. The molecule has 1 aliphatic rings. The molecule has 1 N–H and O–H groups in total. The first kappa shape index (κ1) is 13.2. The van der Waals surface area contributed by atoms with Crippen molar-refractivity contribution in [1.29, 1.82) is 0 Å². The van der Waals surface area contributed by atoms with Crippen LogP contribution in [0.1, 0.15) is 33.1 Å². The Morgan fingerprint density at radius 1 is 1.00 bits per heavy atom. The number of hydrogen-bond acceptors (Lipinski definition) is 1. The number of hydrogen-bond donors (Lipinski definition) is 1. The van der Waals surface area contributed by atoms with Crippen molar-refractivity contribution in [2.24, 2.45) is 11.8 Å². The minimum atomic E-state index is -1.41. The van der Waals surface area contributed by atoms with Gasteiger partial charge in [-0.05, 0) is 24.7 Å². The Hall–Kier alpha value is -1.19. The van der Waals surface area contributed by atoms with E-state index in [0.717, 1.165) is 25.0 Å². The van der Waals surface area contributed by atoms with Crippen LogP contribution < -0.4 is 5.32 Å². The van der Waals surface area contributed by atoms with Crippen molar-refractivity contribution in [3.05, 3.63) is 29.6 Å². The lowest BCUT2D eigenvalue weighted by molar-refractivity contribution is 0.268. The lowest BCUT2D eigenvalue weighted by atomic mass is 9.78. The summed E-state index contributed by atoms with van der Waals surface area (Å²) < 4.78 is 39.1. The Morgan fingerprint density at radius 2 is 1.50 bits per heavy atom. The highest BCUT2D eigenvalue weighted by atomic mass is 19.2. The van der Waals surface area contributed by atoms with E-state index in [1.54, 1.807) is 0 Å². The number of nitrogens with one attached hydrogen (secondary N) is 1. The molecule has 4 heteroatoms. The normalized spacial score (nSPS) is 28.2. The first-order chi connectivity index (χ1) is 8.49.